The number of halogens is 1. The van der Waals surface area contributed by atoms with Crippen LogP contribution < -0.4 is 5.32 Å². The van der Waals surface area contributed by atoms with E-state index in [0.29, 0.717) is 29.4 Å². The number of amides is 1. The zero-order valence-corrected chi connectivity index (χ0v) is 17.3. The molecule has 10 heteroatoms. The van der Waals surface area contributed by atoms with Gasteiger partial charge >= 0.3 is 0 Å². The summed E-state index contributed by atoms with van der Waals surface area (Å²) < 4.78 is 26.9. The lowest BCUT2D eigenvalue weighted by atomic mass is 9.89. The van der Waals surface area contributed by atoms with Gasteiger partial charge in [0.05, 0.1) is 35.3 Å². The molecule has 4 aromatic heterocycles. The third-order valence-electron chi connectivity index (χ3n) is 5.40. The molecule has 1 aliphatic rings. The highest BCUT2D eigenvalue weighted by atomic mass is 19.1. The van der Waals surface area contributed by atoms with Crippen molar-refractivity contribution in [3.05, 3.63) is 60.6 Å². The molecule has 0 unspecified atom stereocenters. The minimum Gasteiger partial charge on any atom is -0.451 e. The second-order valence-electron chi connectivity index (χ2n) is 7.54. The maximum absolute atomic E-state index is 13.8. The van der Waals surface area contributed by atoms with E-state index in [0.717, 1.165) is 18.4 Å². The third kappa shape index (κ3) is 3.92. The molecule has 0 aromatic carbocycles. The van der Waals surface area contributed by atoms with Crippen LogP contribution in [0.15, 0.2) is 53.5 Å². The van der Waals surface area contributed by atoms with Crippen molar-refractivity contribution in [2.75, 3.05) is 11.9 Å². The van der Waals surface area contributed by atoms with Crippen molar-refractivity contribution < 1.29 is 18.3 Å². The van der Waals surface area contributed by atoms with Gasteiger partial charge in [-0.1, -0.05) is 0 Å². The molecule has 1 saturated carbocycles. The molecule has 1 fully saturated rings. The second kappa shape index (κ2) is 8.39. The lowest BCUT2D eigenvalue weighted by Crippen LogP contribution is -2.33. The van der Waals surface area contributed by atoms with Crippen LogP contribution in [0.4, 0.5) is 10.1 Å². The van der Waals surface area contributed by atoms with Gasteiger partial charge in [-0.2, -0.15) is 10.2 Å². The van der Waals surface area contributed by atoms with Crippen molar-refractivity contribution in [3.8, 4) is 22.7 Å². The maximum Gasteiger partial charge on any atom is 0.291 e. The minimum atomic E-state index is -0.447. The number of carbonyl (C=O) groups is 1. The summed E-state index contributed by atoms with van der Waals surface area (Å²) in [7, 11) is 0. The van der Waals surface area contributed by atoms with Crippen molar-refractivity contribution in [1.29, 1.82) is 0 Å². The van der Waals surface area contributed by atoms with Crippen LogP contribution >= 0.6 is 0 Å². The summed E-state index contributed by atoms with van der Waals surface area (Å²) in [6, 6.07) is 5.97. The number of aromatic amines is 1. The van der Waals surface area contributed by atoms with Crippen LogP contribution in [0.25, 0.3) is 22.7 Å². The Morgan fingerprint density at radius 1 is 1.38 bits per heavy atom. The molecule has 0 saturated heterocycles. The standard InChI is InChI=1S/C22H21FN6O3/c1-2-31-16-8-15(9-16)29-12-18(21(28-29)17-7-14(23)5-6-24-17)27-22(30)20-4-3-19(32-20)13-10-25-26-11-13/h3-7,10-12,15-16H,2,8-9H2,1H3,(H,25,26)(H,27,30)/t15-,16+. The molecule has 0 atom stereocenters. The third-order valence-corrected chi connectivity index (χ3v) is 5.40. The highest BCUT2D eigenvalue weighted by molar-refractivity contribution is 6.04. The first-order chi connectivity index (χ1) is 15.6. The Balaban J connectivity index is 1.41. The summed E-state index contributed by atoms with van der Waals surface area (Å²) in [5, 5.41) is 14.0. The summed E-state index contributed by atoms with van der Waals surface area (Å²) in [6.07, 6.45) is 8.24. The summed E-state index contributed by atoms with van der Waals surface area (Å²) >= 11 is 0. The zero-order valence-electron chi connectivity index (χ0n) is 17.3. The van der Waals surface area contributed by atoms with Gasteiger partial charge in [0.15, 0.2) is 5.76 Å². The van der Waals surface area contributed by atoms with Gasteiger partial charge in [0, 0.05) is 31.3 Å². The molecule has 5 rings (SSSR count). The summed E-state index contributed by atoms with van der Waals surface area (Å²) in [4.78, 5) is 17.1. The number of furan rings is 1. The average molecular weight is 436 g/mol. The van der Waals surface area contributed by atoms with Crippen molar-refractivity contribution in [2.24, 2.45) is 0 Å². The quantitative estimate of drug-likeness (QED) is 0.452. The molecule has 164 valence electrons. The fraction of sp³-hybridized carbons (Fsp3) is 0.273. The SMILES string of the molecule is CCO[C@H]1C[C@@H](n2cc(NC(=O)c3ccc(-c4cn[nH]c4)o3)c(-c3cc(F)ccn3)n2)C1. The van der Waals surface area contributed by atoms with E-state index in [-0.39, 0.29) is 17.9 Å². The molecule has 32 heavy (non-hydrogen) atoms. The molecule has 2 N–H and O–H groups in total. The van der Waals surface area contributed by atoms with Crippen LogP contribution in [-0.2, 0) is 4.74 Å². The van der Waals surface area contributed by atoms with Crippen molar-refractivity contribution in [1.82, 2.24) is 25.0 Å². The Morgan fingerprint density at radius 3 is 3.00 bits per heavy atom. The summed E-state index contributed by atoms with van der Waals surface area (Å²) in [5.41, 5.74) is 1.88. The van der Waals surface area contributed by atoms with E-state index in [1.165, 1.54) is 18.3 Å². The van der Waals surface area contributed by atoms with Crippen LogP contribution in [0.1, 0.15) is 36.4 Å². The number of anilines is 1. The minimum absolute atomic E-state index is 0.132. The molecular weight excluding hydrogens is 415 g/mol. The Bertz CT molecular complexity index is 1230. The molecule has 0 bridgehead atoms. The van der Waals surface area contributed by atoms with Crippen LogP contribution in [-0.4, -0.2) is 43.6 Å². The number of ether oxygens (including phenoxy) is 1. The lowest BCUT2D eigenvalue weighted by Gasteiger charge is -2.34. The van der Waals surface area contributed by atoms with E-state index in [2.05, 4.69) is 25.6 Å². The van der Waals surface area contributed by atoms with Gasteiger partial charge in [-0.3, -0.25) is 19.6 Å². The fourth-order valence-corrected chi connectivity index (χ4v) is 3.70. The van der Waals surface area contributed by atoms with Gasteiger partial charge < -0.3 is 14.5 Å². The number of aromatic nitrogens is 5. The number of carbonyl (C=O) groups excluding carboxylic acids is 1. The number of nitrogens with one attached hydrogen (secondary N) is 2. The second-order valence-corrected chi connectivity index (χ2v) is 7.54. The predicted octanol–water partition coefficient (Wildman–Crippen LogP) is 4.06. The van der Waals surface area contributed by atoms with Gasteiger partial charge in [0.1, 0.15) is 17.3 Å². The number of pyridine rings is 1. The molecule has 1 aliphatic carbocycles. The molecule has 0 aliphatic heterocycles. The van der Waals surface area contributed by atoms with E-state index >= 15 is 0 Å². The highest BCUT2D eigenvalue weighted by Crippen LogP contribution is 2.37. The van der Waals surface area contributed by atoms with E-state index in [1.54, 1.807) is 35.4 Å². The number of nitrogens with zero attached hydrogens (tertiary/aromatic N) is 4. The van der Waals surface area contributed by atoms with Crippen LogP contribution in [0.3, 0.4) is 0 Å². The number of hydrogen-bond donors (Lipinski definition) is 2. The molecule has 1 amide bonds. The smallest absolute Gasteiger partial charge is 0.291 e. The summed E-state index contributed by atoms with van der Waals surface area (Å²) in [5.74, 6) is -0.231. The monoisotopic (exact) mass is 436 g/mol. The Morgan fingerprint density at radius 2 is 2.25 bits per heavy atom. The largest absolute Gasteiger partial charge is 0.451 e. The van der Waals surface area contributed by atoms with Gasteiger partial charge in [0.25, 0.3) is 5.91 Å². The average Bonchev–Trinajstić information content (AvgIpc) is 3.50. The van der Waals surface area contributed by atoms with Crippen molar-refractivity contribution in [2.45, 2.75) is 31.9 Å². The van der Waals surface area contributed by atoms with Crippen LogP contribution in [0, 0.1) is 5.82 Å². The van der Waals surface area contributed by atoms with E-state index in [9.17, 15) is 9.18 Å². The predicted molar refractivity (Wildman–Crippen MR) is 113 cm³/mol. The van der Waals surface area contributed by atoms with Crippen LogP contribution in [0.2, 0.25) is 0 Å². The molecule has 4 heterocycles. The fourth-order valence-electron chi connectivity index (χ4n) is 3.70. The molecule has 9 nitrogen and oxygen atoms in total. The van der Waals surface area contributed by atoms with Crippen molar-refractivity contribution >= 4 is 11.6 Å². The Labute approximate surface area is 182 Å². The summed E-state index contributed by atoms with van der Waals surface area (Å²) in [6.45, 7) is 2.63. The molecular formula is C22H21FN6O3. The first-order valence-corrected chi connectivity index (χ1v) is 10.3. The van der Waals surface area contributed by atoms with Gasteiger partial charge in [-0.25, -0.2) is 4.39 Å². The number of rotatable bonds is 7. The Hall–Kier alpha value is -3.79. The molecule has 4 aromatic rings. The molecule has 0 spiro atoms. The maximum atomic E-state index is 13.8. The van der Waals surface area contributed by atoms with Gasteiger partial charge in [0.2, 0.25) is 0 Å². The van der Waals surface area contributed by atoms with E-state index in [4.69, 9.17) is 9.15 Å². The first kappa shape index (κ1) is 20.1. The first-order valence-electron chi connectivity index (χ1n) is 10.3. The highest BCUT2D eigenvalue weighted by Gasteiger charge is 2.32. The molecule has 0 radical (unpaired) electrons. The van der Waals surface area contributed by atoms with Crippen LogP contribution in [0.5, 0.6) is 0 Å². The lowest BCUT2D eigenvalue weighted by molar-refractivity contribution is -0.0226. The number of H-pyrrole nitrogens is 1. The van der Waals surface area contributed by atoms with Crippen molar-refractivity contribution in [3.63, 3.8) is 0 Å². The Kier molecular flexibility index (Phi) is 5.28. The van der Waals surface area contributed by atoms with E-state index < -0.39 is 11.7 Å². The van der Waals surface area contributed by atoms with Gasteiger partial charge in [-0.05, 0) is 38.0 Å². The topological polar surface area (TPSA) is 111 Å². The number of hydrogen-bond acceptors (Lipinski definition) is 6. The van der Waals surface area contributed by atoms with E-state index in [1.807, 2.05) is 6.92 Å². The van der Waals surface area contributed by atoms with Gasteiger partial charge in [-0.15, -0.1) is 0 Å². The normalized spacial score (nSPS) is 17.8. The zero-order chi connectivity index (χ0) is 22.1.